The molecule has 0 saturated heterocycles. The third-order valence-electron chi connectivity index (χ3n) is 1.27. The van der Waals surface area contributed by atoms with Gasteiger partial charge in [0.15, 0.2) is 0 Å². The molecular formula is C10H11N. The fraction of sp³-hybridized carbons (Fsp3) is 0.100. The maximum atomic E-state index is 4.06. The fourth-order valence-electron chi connectivity index (χ4n) is 0.724. The molecule has 0 unspecified atom stereocenters. The zero-order chi connectivity index (χ0) is 7.94. The van der Waals surface area contributed by atoms with Crippen LogP contribution < -0.4 is 0 Å². The van der Waals surface area contributed by atoms with Gasteiger partial charge in [-0.3, -0.25) is 4.99 Å². The summed E-state index contributed by atoms with van der Waals surface area (Å²) in [5.74, 6) is 0. The Kier molecular flexibility index (Phi) is 3.13. The van der Waals surface area contributed by atoms with Gasteiger partial charge in [0.25, 0.3) is 0 Å². The van der Waals surface area contributed by atoms with Gasteiger partial charge >= 0.3 is 0 Å². The normalized spacial score (nSPS) is 26.0. The van der Waals surface area contributed by atoms with Crippen molar-refractivity contribution in [1.29, 1.82) is 0 Å². The topological polar surface area (TPSA) is 12.4 Å². The molecule has 0 fully saturated rings. The molecule has 0 aliphatic carbocycles. The molecule has 0 radical (unpaired) electrons. The lowest BCUT2D eigenvalue weighted by atomic mass is 10.3. The highest BCUT2D eigenvalue weighted by Crippen LogP contribution is 1.96. The van der Waals surface area contributed by atoms with Gasteiger partial charge in [-0.15, -0.1) is 0 Å². The molecule has 11 heavy (non-hydrogen) atoms. The molecule has 56 valence electrons. The average Bonchev–Trinajstić information content (AvgIpc) is 2.03. The molecule has 1 aliphatic heterocycles. The summed E-state index contributed by atoms with van der Waals surface area (Å²) in [5, 5.41) is 0. The van der Waals surface area contributed by atoms with E-state index in [0.717, 1.165) is 12.1 Å². The molecule has 0 bridgehead atoms. The Morgan fingerprint density at radius 1 is 1.18 bits per heavy atom. The van der Waals surface area contributed by atoms with Crippen molar-refractivity contribution in [2.45, 2.75) is 6.42 Å². The summed E-state index contributed by atoms with van der Waals surface area (Å²) in [5.41, 5.74) is 0.779. The Morgan fingerprint density at radius 2 is 2.00 bits per heavy atom. The summed E-state index contributed by atoms with van der Waals surface area (Å²) in [6.07, 6.45) is 14.6. The molecule has 0 aromatic rings. The number of hydrogen-bond donors (Lipinski definition) is 0. The van der Waals surface area contributed by atoms with Crippen molar-refractivity contribution in [3.8, 4) is 0 Å². The van der Waals surface area contributed by atoms with E-state index >= 15 is 0 Å². The lowest BCUT2D eigenvalue weighted by Gasteiger charge is -1.88. The third kappa shape index (κ3) is 3.36. The molecule has 0 saturated carbocycles. The predicted molar refractivity (Wildman–Crippen MR) is 49.7 cm³/mol. The van der Waals surface area contributed by atoms with Crippen molar-refractivity contribution in [3.63, 3.8) is 0 Å². The lowest BCUT2D eigenvalue weighted by molar-refractivity contribution is 1.38. The molecule has 0 aromatic heterocycles. The number of rotatable bonds is 0. The summed E-state index contributed by atoms with van der Waals surface area (Å²) in [6, 6.07) is 0. The monoisotopic (exact) mass is 145 g/mol. The van der Waals surface area contributed by atoms with Crippen molar-refractivity contribution >= 4 is 6.21 Å². The van der Waals surface area contributed by atoms with E-state index in [-0.39, 0.29) is 0 Å². The van der Waals surface area contributed by atoms with Gasteiger partial charge in [-0.05, 0) is 18.6 Å². The minimum atomic E-state index is 0.779. The zero-order valence-corrected chi connectivity index (χ0v) is 6.40. The molecule has 1 nitrogen and oxygen atoms in total. The first kappa shape index (κ1) is 7.73. The summed E-state index contributed by atoms with van der Waals surface area (Å²) < 4.78 is 0. The largest absolute Gasteiger partial charge is 0.258 e. The van der Waals surface area contributed by atoms with Gasteiger partial charge in [-0.1, -0.05) is 30.9 Å². The van der Waals surface area contributed by atoms with Gasteiger partial charge in [-0.25, -0.2) is 0 Å². The van der Waals surface area contributed by atoms with Crippen molar-refractivity contribution in [2.75, 3.05) is 0 Å². The van der Waals surface area contributed by atoms with Crippen LogP contribution in [-0.2, 0) is 0 Å². The molecule has 0 aromatic carbocycles. The molecule has 1 heterocycles. The van der Waals surface area contributed by atoms with Gasteiger partial charge in [0, 0.05) is 6.21 Å². The maximum Gasteiger partial charge on any atom is 0.0557 e. The number of allylic oxidation sites excluding steroid dienone is 6. The van der Waals surface area contributed by atoms with E-state index in [1.165, 1.54) is 0 Å². The van der Waals surface area contributed by atoms with E-state index in [2.05, 4.69) is 17.6 Å². The SMILES string of the molecule is C=C1/C=C\C=C/C/C=C\C=N1. The van der Waals surface area contributed by atoms with E-state index in [9.17, 15) is 0 Å². The lowest BCUT2D eigenvalue weighted by Crippen LogP contribution is -1.71. The molecule has 0 N–H and O–H groups in total. The minimum absolute atomic E-state index is 0.779. The van der Waals surface area contributed by atoms with E-state index < -0.39 is 0 Å². The zero-order valence-electron chi connectivity index (χ0n) is 6.40. The Morgan fingerprint density at radius 3 is 2.91 bits per heavy atom. The van der Waals surface area contributed by atoms with Crippen LogP contribution >= 0.6 is 0 Å². The van der Waals surface area contributed by atoms with Gasteiger partial charge in [-0.2, -0.15) is 0 Å². The highest BCUT2D eigenvalue weighted by atomic mass is 14.7. The quantitative estimate of drug-likeness (QED) is 0.497. The molecule has 1 aliphatic rings. The second kappa shape index (κ2) is 4.45. The molecule has 0 spiro atoms. The first-order valence-electron chi connectivity index (χ1n) is 3.61. The highest BCUT2D eigenvalue weighted by molar-refractivity contribution is 5.72. The smallest absolute Gasteiger partial charge is 0.0557 e. The Balaban J connectivity index is 2.69. The minimum Gasteiger partial charge on any atom is -0.258 e. The van der Waals surface area contributed by atoms with E-state index in [0.29, 0.717) is 0 Å². The van der Waals surface area contributed by atoms with Crippen LogP contribution in [0.2, 0.25) is 0 Å². The molecule has 0 atom stereocenters. The highest BCUT2D eigenvalue weighted by Gasteiger charge is 1.78. The van der Waals surface area contributed by atoms with Crippen molar-refractivity contribution < 1.29 is 0 Å². The Hall–Kier alpha value is -1.37. The van der Waals surface area contributed by atoms with Crippen molar-refractivity contribution in [1.82, 2.24) is 0 Å². The van der Waals surface area contributed by atoms with Crippen LogP contribution in [0, 0.1) is 0 Å². The van der Waals surface area contributed by atoms with Crippen LogP contribution in [-0.4, -0.2) is 6.21 Å². The van der Waals surface area contributed by atoms with Crippen LogP contribution in [0.5, 0.6) is 0 Å². The van der Waals surface area contributed by atoms with Crippen LogP contribution in [0.4, 0.5) is 0 Å². The van der Waals surface area contributed by atoms with E-state index in [4.69, 9.17) is 0 Å². The van der Waals surface area contributed by atoms with Gasteiger partial charge in [0.2, 0.25) is 0 Å². The van der Waals surface area contributed by atoms with Crippen LogP contribution in [0.3, 0.4) is 0 Å². The third-order valence-corrected chi connectivity index (χ3v) is 1.27. The molecule has 1 rings (SSSR count). The number of aliphatic imine (C=N–C) groups is 1. The summed E-state index contributed by atoms with van der Waals surface area (Å²) >= 11 is 0. The predicted octanol–water partition coefficient (Wildman–Crippen LogP) is 2.64. The van der Waals surface area contributed by atoms with Crippen molar-refractivity contribution in [2.24, 2.45) is 4.99 Å². The standard InChI is InChI=1S/C10H11N/c1-10-8-6-4-2-3-5-7-9-11-10/h2,4-9H,1,3H2/b4-2-,7-5-,8-6-,11-9?. The average molecular weight is 145 g/mol. The summed E-state index contributed by atoms with van der Waals surface area (Å²) in [7, 11) is 0. The molecular weight excluding hydrogens is 134 g/mol. The van der Waals surface area contributed by atoms with Gasteiger partial charge in [0.1, 0.15) is 0 Å². The van der Waals surface area contributed by atoms with Gasteiger partial charge < -0.3 is 0 Å². The van der Waals surface area contributed by atoms with Crippen LogP contribution in [0.1, 0.15) is 6.42 Å². The van der Waals surface area contributed by atoms with Crippen LogP contribution in [0.15, 0.2) is 53.7 Å². The second-order valence-corrected chi connectivity index (χ2v) is 2.22. The Bertz CT molecular complexity index is 218. The van der Waals surface area contributed by atoms with E-state index in [1.54, 1.807) is 6.21 Å². The fourth-order valence-corrected chi connectivity index (χ4v) is 0.724. The molecule has 1 heteroatoms. The maximum absolute atomic E-state index is 4.06. The second-order valence-electron chi connectivity index (χ2n) is 2.22. The van der Waals surface area contributed by atoms with E-state index in [1.807, 2.05) is 30.4 Å². The van der Waals surface area contributed by atoms with Crippen molar-refractivity contribution in [3.05, 3.63) is 48.7 Å². The number of hydrogen-bond acceptors (Lipinski definition) is 1. The van der Waals surface area contributed by atoms with Crippen LogP contribution in [0.25, 0.3) is 0 Å². The Labute approximate surface area is 67.2 Å². The summed E-state index contributed by atoms with van der Waals surface area (Å²) in [4.78, 5) is 4.06. The molecule has 0 amide bonds. The first-order valence-corrected chi connectivity index (χ1v) is 3.61. The first-order chi connectivity index (χ1) is 5.39. The summed E-state index contributed by atoms with van der Waals surface area (Å²) in [6.45, 7) is 3.74. The van der Waals surface area contributed by atoms with Gasteiger partial charge in [0.05, 0.1) is 5.70 Å². The number of nitrogens with zero attached hydrogens (tertiary/aromatic N) is 1.